The number of halogens is 1. The summed E-state index contributed by atoms with van der Waals surface area (Å²) in [5.74, 6) is 0.0466. The number of hydrogen-bond donors (Lipinski definition) is 1. The maximum absolute atomic E-state index is 12.5. The van der Waals surface area contributed by atoms with E-state index in [1.807, 2.05) is 48.2 Å². The van der Waals surface area contributed by atoms with Crippen LogP contribution >= 0.6 is 15.9 Å². The highest BCUT2D eigenvalue weighted by atomic mass is 79.9. The van der Waals surface area contributed by atoms with Gasteiger partial charge >= 0.3 is 0 Å². The van der Waals surface area contributed by atoms with Gasteiger partial charge in [0.05, 0.1) is 0 Å². The van der Waals surface area contributed by atoms with E-state index < -0.39 is 0 Å². The average molecular weight is 387 g/mol. The number of rotatable bonds is 4. The summed E-state index contributed by atoms with van der Waals surface area (Å²) in [5, 5.41) is 2.94. The van der Waals surface area contributed by atoms with Crippen LogP contribution in [0.4, 0.5) is 5.69 Å². The molecule has 2 aromatic rings. The summed E-state index contributed by atoms with van der Waals surface area (Å²) in [5.41, 5.74) is 3.37. The van der Waals surface area contributed by atoms with Crippen LogP contribution in [0, 0.1) is 6.92 Å². The van der Waals surface area contributed by atoms with Crippen molar-refractivity contribution in [3.8, 4) is 0 Å². The number of carbonyl (C=O) groups is 2. The summed E-state index contributed by atoms with van der Waals surface area (Å²) in [4.78, 5) is 26.1. The molecule has 0 unspecified atom stereocenters. The van der Waals surface area contributed by atoms with E-state index in [4.69, 9.17) is 0 Å². The molecule has 0 aliphatic carbocycles. The van der Waals surface area contributed by atoms with Crippen LogP contribution < -0.4 is 5.32 Å². The molecule has 4 nitrogen and oxygen atoms in total. The summed E-state index contributed by atoms with van der Waals surface area (Å²) in [6, 6.07) is 13.2. The number of carbonyl (C=O) groups excluding carboxylic acids is 2. The summed E-state index contributed by atoms with van der Waals surface area (Å²) < 4.78 is 0.982. The third-order valence-corrected chi connectivity index (χ3v) is 4.66. The Labute approximate surface area is 150 Å². The van der Waals surface area contributed by atoms with Crippen molar-refractivity contribution in [1.29, 1.82) is 0 Å². The molecule has 1 N–H and O–H groups in total. The Hall–Kier alpha value is -2.14. The van der Waals surface area contributed by atoms with Gasteiger partial charge in [0.1, 0.15) is 0 Å². The lowest BCUT2D eigenvalue weighted by molar-refractivity contribution is -0.128. The van der Waals surface area contributed by atoms with Gasteiger partial charge in [-0.2, -0.15) is 0 Å². The molecular weight excluding hydrogens is 368 g/mol. The third-order valence-electron chi connectivity index (χ3n) is 4.17. The molecule has 1 fully saturated rings. The monoisotopic (exact) mass is 386 g/mol. The summed E-state index contributed by atoms with van der Waals surface area (Å²) in [7, 11) is 0. The number of amides is 2. The molecule has 1 aliphatic heterocycles. The minimum atomic E-state index is -0.143. The van der Waals surface area contributed by atoms with E-state index in [0.717, 1.165) is 34.3 Å². The van der Waals surface area contributed by atoms with Crippen LogP contribution in [-0.4, -0.2) is 23.3 Å². The minimum Gasteiger partial charge on any atom is -0.338 e. The first-order valence-corrected chi connectivity index (χ1v) is 8.76. The second-order valence-electron chi connectivity index (χ2n) is 6.03. The first-order chi connectivity index (χ1) is 11.5. The predicted molar refractivity (Wildman–Crippen MR) is 97.9 cm³/mol. The fourth-order valence-electron chi connectivity index (χ4n) is 2.86. The average Bonchev–Trinajstić information content (AvgIpc) is 2.95. The van der Waals surface area contributed by atoms with Gasteiger partial charge in [-0.25, -0.2) is 0 Å². The molecule has 0 aromatic heterocycles. The summed E-state index contributed by atoms with van der Waals surface area (Å²) in [6.45, 7) is 3.32. The molecule has 2 amide bonds. The maximum atomic E-state index is 12.5. The lowest BCUT2D eigenvalue weighted by atomic mass is 10.1. The Morgan fingerprint density at radius 2 is 2.08 bits per heavy atom. The van der Waals surface area contributed by atoms with E-state index in [1.165, 1.54) is 0 Å². The number of nitrogens with zero attached hydrogens (tertiary/aromatic N) is 1. The normalized spacial score (nSPS) is 14.1. The van der Waals surface area contributed by atoms with Crippen molar-refractivity contribution in [2.75, 3.05) is 11.9 Å². The van der Waals surface area contributed by atoms with Crippen molar-refractivity contribution in [3.63, 3.8) is 0 Å². The molecule has 0 saturated carbocycles. The number of nitrogens with one attached hydrogen (secondary N) is 1. The second kappa shape index (κ2) is 7.18. The SMILES string of the molecule is Cc1cc(Br)ccc1NC(=O)c1cccc(CN2CCCC2=O)c1. The van der Waals surface area contributed by atoms with Gasteiger partial charge in [0, 0.05) is 35.2 Å². The van der Waals surface area contributed by atoms with Gasteiger partial charge < -0.3 is 10.2 Å². The zero-order valence-electron chi connectivity index (χ0n) is 13.5. The lowest BCUT2D eigenvalue weighted by Gasteiger charge is -2.16. The topological polar surface area (TPSA) is 49.4 Å². The first-order valence-electron chi connectivity index (χ1n) is 7.97. The quantitative estimate of drug-likeness (QED) is 0.858. The number of aryl methyl sites for hydroxylation is 1. The van der Waals surface area contributed by atoms with Crippen molar-refractivity contribution in [2.24, 2.45) is 0 Å². The van der Waals surface area contributed by atoms with Gasteiger partial charge in [-0.05, 0) is 54.8 Å². The fourth-order valence-corrected chi connectivity index (χ4v) is 3.34. The third kappa shape index (κ3) is 3.85. The highest BCUT2D eigenvalue weighted by molar-refractivity contribution is 9.10. The minimum absolute atomic E-state index is 0.143. The molecule has 124 valence electrons. The fraction of sp³-hybridized carbons (Fsp3) is 0.263. The summed E-state index contributed by atoms with van der Waals surface area (Å²) in [6.07, 6.45) is 1.55. The highest BCUT2D eigenvalue weighted by Crippen LogP contribution is 2.21. The molecule has 24 heavy (non-hydrogen) atoms. The number of benzene rings is 2. The van der Waals surface area contributed by atoms with E-state index in [0.29, 0.717) is 18.5 Å². The molecule has 0 bridgehead atoms. The molecule has 0 spiro atoms. The van der Waals surface area contributed by atoms with Gasteiger partial charge in [-0.3, -0.25) is 9.59 Å². The van der Waals surface area contributed by atoms with Gasteiger partial charge in [-0.15, -0.1) is 0 Å². The zero-order chi connectivity index (χ0) is 17.1. The van der Waals surface area contributed by atoms with Gasteiger partial charge in [0.25, 0.3) is 5.91 Å². The van der Waals surface area contributed by atoms with Crippen molar-refractivity contribution in [1.82, 2.24) is 4.90 Å². The van der Waals surface area contributed by atoms with Crippen LogP contribution in [0.25, 0.3) is 0 Å². The van der Waals surface area contributed by atoms with Crippen LogP contribution in [0.5, 0.6) is 0 Å². The van der Waals surface area contributed by atoms with Crippen LogP contribution in [0.15, 0.2) is 46.9 Å². The molecule has 0 atom stereocenters. The predicted octanol–water partition coefficient (Wildman–Crippen LogP) is 4.13. The van der Waals surface area contributed by atoms with Crippen LogP contribution in [0.2, 0.25) is 0 Å². The molecule has 3 rings (SSSR count). The van der Waals surface area contributed by atoms with Gasteiger partial charge in [0.15, 0.2) is 0 Å². The van der Waals surface area contributed by atoms with Crippen LogP contribution in [-0.2, 0) is 11.3 Å². The lowest BCUT2D eigenvalue weighted by Crippen LogP contribution is -2.24. The zero-order valence-corrected chi connectivity index (χ0v) is 15.1. The Morgan fingerprint density at radius 1 is 1.25 bits per heavy atom. The maximum Gasteiger partial charge on any atom is 0.255 e. The number of anilines is 1. The standard InChI is InChI=1S/C19H19BrN2O2/c1-13-10-16(20)7-8-17(13)21-19(24)15-5-2-4-14(11-15)12-22-9-3-6-18(22)23/h2,4-5,7-8,10-11H,3,6,9,12H2,1H3,(H,21,24). The largest absolute Gasteiger partial charge is 0.338 e. The van der Waals surface area contributed by atoms with Crippen molar-refractivity contribution in [3.05, 3.63) is 63.6 Å². The molecular formula is C19H19BrN2O2. The van der Waals surface area contributed by atoms with Gasteiger partial charge in [0.2, 0.25) is 5.91 Å². The Morgan fingerprint density at radius 3 is 2.79 bits per heavy atom. The van der Waals surface area contributed by atoms with Crippen molar-refractivity contribution < 1.29 is 9.59 Å². The van der Waals surface area contributed by atoms with Crippen LogP contribution in [0.1, 0.15) is 34.3 Å². The number of likely N-dealkylation sites (tertiary alicyclic amines) is 1. The molecule has 5 heteroatoms. The highest BCUT2D eigenvalue weighted by Gasteiger charge is 2.20. The van der Waals surface area contributed by atoms with E-state index in [9.17, 15) is 9.59 Å². The Balaban J connectivity index is 1.73. The molecule has 0 radical (unpaired) electrons. The molecule has 2 aromatic carbocycles. The van der Waals surface area contributed by atoms with Crippen molar-refractivity contribution >= 4 is 33.4 Å². The molecule has 1 aliphatic rings. The number of hydrogen-bond acceptors (Lipinski definition) is 2. The summed E-state index contributed by atoms with van der Waals surface area (Å²) >= 11 is 3.42. The van der Waals surface area contributed by atoms with Crippen LogP contribution in [0.3, 0.4) is 0 Å². The van der Waals surface area contributed by atoms with E-state index in [2.05, 4.69) is 21.2 Å². The van der Waals surface area contributed by atoms with E-state index in [-0.39, 0.29) is 11.8 Å². The smallest absolute Gasteiger partial charge is 0.255 e. The Bertz CT molecular complexity index is 789. The second-order valence-corrected chi connectivity index (χ2v) is 6.95. The van der Waals surface area contributed by atoms with E-state index in [1.54, 1.807) is 6.07 Å². The van der Waals surface area contributed by atoms with Gasteiger partial charge in [-0.1, -0.05) is 28.1 Å². The first kappa shape index (κ1) is 16.7. The molecule has 1 heterocycles. The molecule has 1 saturated heterocycles. The van der Waals surface area contributed by atoms with Crippen molar-refractivity contribution in [2.45, 2.75) is 26.3 Å². The van der Waals surface area contributed by atoms with E-state index >= 15 is 0 Å². The Kier molecular flexibility index (Phi) is 5.00.